The lowest BCUT2D eigenvalue weighted by molar-refractivity contribution is -0.114. The van der Waals surface area contributed by atoms with Crippen molar-refractivity contribution in [3.63, 3.8) is 0 Å². The summed E-state index contributed by atoms with van der Waals surface area (Å²) >= 11 is 0. The highest BCUT2D eigenvalue weighted by Crippen LogP contribution is 2.24. The number of para-hydroxylation sites is 1. The van der Waals surface area contributed by atoms with E-state index >= 15 is 0 Å². The molecule has 0 aliphatic heterocycles. The molecule has 3 aromatic rings. The fourth-order valence-electron chi connectivity index (χ4n) is 2.65. The van der Waals surface area contributed by atoms with E-state index in [0.717, 1.165) is 16.4 Å². The van der Waals surface area contributed by atoms with Gasteiger partial charge in [0.1, 0.15) is 18.1 Å². The molecule has 0 bridgehead atoms. The molecule has 0 radical (unpaired) electrons. The van der Waals surface area contributed by atoms with Gasteiger partial charge in [-0.25, -0.2) is 12.8 Å². The first kappa shape index (κ1) is 20.3. The first-order valence-electron chi connectivity index (χ1n) is 8.67. The molecular weight excluding hydrogens is 395 g/mol. The topological polar surface area (TPSA) is 75.7 Å². The lowest BCUT2D eigenvalue weighted by Crippen LogP contribution is -2.38. The van der Waals surface area contributed by atoms with Crippen LogP contribution in [-0.4, -0.2) is 28.0 Å². The van der Waals surface area contributed by atoms with Crippen LogP contribution in [0.15, 0.2) is 83.8 Å². The van der Waals surface area contributed by atoms with Crippen LogP contribution in [0.4, 0.5) is 15.8 Å². The predicted molar refractivity (Wildman–Crippen MR) is 109 cm³/mol. The predicted octanol–water partition coefficient (Wildman–Crippen LogP) is 3.67. The van der Waals surface area contributed by atoms with Crippen LogP contribution >= 0.6 is 0 Å². The van der Waals surface area contributed by atoms with Gasteiger partial charge in [0.25, 0.3) is 10.0 Å². The summed E-state index contributed by atoms with van der Waals surface area (Å²) in [5.41, 5.74) is 0.824. The number of benzene rings is 3. The zero-order valence-electron chi connectivity index (χ0n) is 15.6. The molecule has 0 saturated heterocycles. The van der Waals surface area contributed by atoms with Gasteiger partial charge in [-0.1, -0.05) is 18.2 Å². The summed E-state index contributed by atoms with van der Waals surface area (Å²) in [5, 5.41) is 2.67. The van der Waals surface area contributed by atoms with Gasteiger partial charge in [0.15, 0.2) is 0 Å². The Bertz CT molecular complexity index is 1070. The normalized spacial score (nSPS) is 11.0. The van der Waals surface area contributed by atoms with E-state index in [1.165, 1.54) is 19.2 Å². The third-order valence-electron chi connectivity index (χ3n) is 4.11. The Kier molecular flexibility index (Phi) is 6.13. The third-order valence-corrected chi connectivity index (χ3v) is 5.89. The van der Waals surface area contributed by atoms with Gasteiger partial charge in [0, 0.05) is 5.69 Å². The van der Waals surface area contributed by atoms with Crippen molar-refractivity contribution in [2.45, 2.75) is 4.90 Å². The number of nitrogens with zero attached hydrogens (tertiary/aromatic N) is 1. The molecule has 0 heterocycles. The summed E-state index contributed by atoms with van der Waals surface area (Å²) in [4.78, 5) is 12.5. The van der Waals surface area contributed by atoms with E-state index in [4.69, 9.17) is 4.74 Å². The Balaban J connectivity index is 1.87. The summed E-state index contributed by atoms with van der Waals surface area (Å²) in [5.74, 6) is -0.440. The number of halogens is 1. The van der Waals surface area contributed by atoms with Gasteiger partial charge >= 0.3 is 0 Å². The molecule has 3 aromatic carbocycles. The summed E-state index contributed by atoms with van der Waals surface area (Å²) in [6.07, 6.45) is 0. The Morgan fingerprint density at radius 3 is 2.17 bits per heavy atom. The van der Waals surface area contributed by atoms with E-state index < -0.39 is 28.3 Å². The molecule has 0 aliphatic rings. The summed E-state index contributed by atoms with van der Waals surface area (Å²) in [7, 11) is -2.55. The van der Waals surface area contributed by atoms with Gasteiger partial charge < -0.3 is 10.1 Å². The molecule has 150 valence electrons. The molecule has 8 heteroatoms. The molecule has 0 spiro atoms. The molecule has 6 nitrogen and oxygen atoms in total. The lowest BCUT2D eigenvalue weighted by Gasteiger charge is -2.24. The number of nitrogens with one attached hydrogen (secondary N) is 1. The first-order valence-corrected chi connectivity index (χ1v) is 10.1. The van der Waals surface area contributed by atoms with Crippen LogP contribution < -0.4 is 14.4 Å². The maximum atomic E-state index is 13.2. The highest BCUT2D eigenvalue weighted by atomic mass is 32.2. The molecular formula is C21H19FN2O4S. The molecule has 29 heavy (non-hydrogen) atoms. The minimum Gasteiger partial charge on any atom is -0.497 e. The fraction of sp³-hybridized carbons (Fsp3) is 0.0952. The van der Waals surface area contributed by atoms with Crippen molar-refractivity contribution in [2.75, 3.05) is 23.3 Å². The van der Waals surface area contributed by atoms with Crippen molar-refractivity contribution in [2.24, 2.45) is 0 Å². The average Bonchev–Trinajstić information content (AvgIpc) is 2.73. The van der Waals surface area contributed by atoms with Crippen LogP contribution in [0, 0.1) is 5.82 Å². The zero-order valence-corrected chi connectivity index (χ0v) is 16.4. The molecule has 1 amide bonds. The van der Waals surface area contributed by atoms with E-state index in [-0.39, 0.29) is 4.90 Å². The smallest absolute Gasteiger partial charge is 0.264 e. The fourth-order valence-corrected chi connectivity index (χ4v) is 4.07. The molecule has 0 saturated carbocycles. The van der Waals surface area contributed by atoms with E-state index in [1.54, 1.807) is 54.6 Å². The Hall–Kier alpha value is -3.39. The van der Waals surface area contributed by atoms with Gasteiger partial charge in [-0.3, -0.25) is 9.10 Å². The Morgan fingerprint density at radius 1 is 0.966 bits per heavy atom. The van der Waals surface area contributed by atoms with E-state index in [1.807, 2.05) is 0 Å². The number of sulfonamides is 1. The number of methoxy groups -OCH3 is 1. The summed E-state index contributed by atoms with van der Waals surface area (Å²) in [6, 6.07) is 19.4. The summed E-state index contributed by atoms with van der Waals surface area (Å²) in [6.45, 7) is -0.449. The van der Waals surface area contributed by atoms with Crippen molar-refractivity contribution in [3.8, 4) is 5.75 Å². The second-order valence-corrected chi connectivity index (χ2v) is 7.94. The molecule has 0 aliphatic carbocycles. The number of hydrogen-bond donors (Lipinski definition) is 1. The van der Waals surface area contributed by atoms with Crippen molar-refractivity contribution in [1.82, 2.24) is 0 Å². The maximum absolute atomic E-state index is 13.2. The molecule has 1 N–H and O–H groups in total. The van der Waals surface area contributed by atoms with Crippen LogP contribution in [0.5, 0.6) is 5.75 Å². The molecule has 0 atom stereocenters. The standard InChI is InChI=1S/C21H19FN2O4S/c1-28-19-11-9-17(10-12-19)23-21(25)15-24(18-5-3-2-4-6-18)29(26,27)20-13-7-16(22)8-14-20/h2-14H,15H2,1H3,(H,23,25). The number of carbonyl (C=O) groups excluding carboxylic acids is 1. The second-order valence-electron chi connectivity index (χ2n) is 6.08. The van der Waals surface area contributed by atoms with Crippen LogP contribution in [-0.2, 0) is 14.8 Å². The molecule has 0 aromatic heterocycles. The SMILES string of the molecule is COc1ccc(NC(=O)CN(c2ccccc2)S(=O)(=O)c2ccc(F)cc2)cc1. The van der Waals surface area contributed by atoms with Crippen molar-refractivity contribution < 1.29 is 22.3 Å². The zero-order chi connectivity index (χ0) is 20.9. The minimum atomic E-state index is -4.08. The molecule has 0 unspecified atom stereocenters. The highest BCUT2D eigenvalue weighted by Gasteiger charge is 2.27. The van der Waals surface area contributed by atoms with E-state index in [2.05, 4.69) is 5.32 Å². The van der Waals surface area contributed by atoms with Crippen molar-refractivity contribution >= 4 is 27.3 Å². The van der Waals surface area contributed by atoms with E-state index in [0.29, 0.717) is 17.1 Å². The number of carbonyl (C=O) groups is 1. The number of rotatable bonds is 7. The van der Waals surface area contributed by atoms with E-state index in [9.17, 15) is 17.6 Å². The highest BCUT2D eigenvalue weighted by molar-refractivity contribution is 7.92. The average molecular weight is 414 g/mol. The van der Waals surface area contributed by atoms with Crippen LogP contribution in [0.1, 0.15) is 0 Å². The molecule has 3 rings (SSSR count). The van der Waals surface area contributed by atoms with Gasteiger partial charge in [-0.15, -0.1) is 0 Å². The maximum Gasteiger partial charge on any atom is 0.264 e. The monoisotopic (exact) mass is 414 g/mol. The number of anilines is 2. The number of ether oxygens (including phenoxy) is 1. The van der Waals surface area contributed by atoms with Crippen LogP contribution in [0.25, 0.3) is 0 Å². The molecule has 0 fully saturated rings. The van der Waals surface area contributed by atoms with Crippen LogP contribution in [0.3, 0.4) is 0 Å². The van der Waals surface area contributed by atoms with Gasteiger partial charge in [0.2, 0.25) is 5.91 Å². The van der Waals surface area contributed by atoms with Crippen molar-refractivity contribution in [3.05, 3.63) is 84.7 Å². The minimum absolute atomic E-state index is 0.111. The van der Waals surface area contributed by atoms with Crippen molar-refractivity contribution in [1.29, 1.82) is 0 Å². The Morgan fingerprint density at radius 2 is 1.59 bits per heavy atom. The Labute approximate surface area is 168 Å². The second kappa shape index (κ2) is 8.74. The number of amides is 1. The summed E-state index contributed by atoms with van der Waals surface area (Å²) < 4.78 is 45.5. The quantitative estimate of drug-likeness (QED) is 0.640. The first-order chi connectivity index (χ1) is 13.9. The van der Waals surface area contributed by atoms with Crippen LogP contribution in [0.2, 0.25) is 0 Å². The lowest BCUT2D eigenvalue weighted by atomic mass is 10.3. The largest absolute Gasteiger partial charge is 0.497 e. The van der Waals surface area contributed by atoms with Gasteiger partial charge in [-0.05, 0) is 60.7 Å². The third kappa shape index (κ3) is 4.91. The number of hydrogen-bond acceptors (Lipinski definition) is 4. The van der Waals surface area contributed by atoms with Gasteiger partial charge in [-0.2, -0.15) is 0 Å². The van der Waals surface area contributed by atoms with Gasteiger partial charge in [0.05, 0.1) is 17.7 Å².